The molecule has 34 heavy (non-hydrogen) atoms. The summed E-state index contributed by atoms with van der Waals surface area (Å²) >= 11 is 0. The predicted octanol–water partition coefficient (Wildman–Crippen LogP) is 5.16. The topological polar surface area (TPSA) is 64.0 Å². The average Bonchev–Trinajstić information content (AvgIpc) is 3.25. The summed E-state index contributed by atoms with van der Waals surface area (Å²) in [4.78, 5) is 4.74. The van der Waals surface area contributed by atoms with Gasteiger partial charge in [-0.1, -0.05) is 36.4 Å². The fourth-order valence-corrected chi connectivity index (χ4v) is 5.69. The van der Waals surface area contributed by atoms with Crippen LogP contribution in [0.5, 0.6) is 0 Å². The van der Waals surface area contributed by atoms with Gasteiger partial charge in [0.25, 0.3) is 5.92 Å². The van der Waals surface area contributed by atoms with Gasteiger partial charge in [0.15, 0.2) is 11.0 Å². The molecule has 0 saturated carbocycles. The van der Waals surface area contributed by atoms with Crippen LogP contribution in [0.1, 0.15) is 18.1 Å². The zero-order valence-electron chi connectivity index (χ0n) is 18.6. The highest BCUT2D eigenvalue weighted by Crippen LogP contribution is 2.37. The van der Waals surface area contributed by atoms with Gasteiger partial charge in [-0.2, -0.15) is 0 Å². The van der Waals surface area contributed by atoms with Crippen molar-refractivity contribution in [3.05, 3.63) is 90.4 Å². The summed E-state index contributed by atoms with van der Waals surface area (Å²) in [6.45, 7) is 1.16. The Bertz CT molecular complexity index is 1280. The molecule has 2 atom stereocenters. The molecule has 10 heteroatoms. The SMILES string of the molecule is CC(F)(F)c1cccc2c1c(S(=O)NCCc1cccnc1)cn2S(=O)c1ccccc1.CF. The smallest absolute Gasteiger partial charge is 0.264 e. The Labute approximate surface area is 201 Å². The van der Waals surface area contributed by atoms with Gasteiger partial charge in [-0.25, -0.2) is 21.9 Å². The highest BCUT2D eigenvalue weighted by molar-refractivity contribution is 7.84. The summed E-state index contributed by atoms with van der Waals surface area (Å²) < 4.78 is 69.0. The number of alkyl halides is 3. The van der Waals surface area contributed by atoms with Gasteiger partial charge in [0, 0.05) is 43.0 Å². The molecule has 0 aliphatic heterocycles. The van der Waals surface area contributed by atoms with Crippen LogP contribution in [0.3, 0.4) is 0 Å². The van der Waals surface area contributed by atoms with E-state index in [4.69, 9.17) is 0 Å². The zero-order valence-corrected chi connectivity index (χ0v) is 20.2. The van der Waals surface area contributed by atoms with Crippen LogP contribution in [0.4, 0.5) is 13.2 Å². The fraction of sp³-hybridized carbons (Fsp3) is 0.208. The molecule has 5 nitrogen and oxygen atoms in total. The molecule has 1 N–H and O–H groups in total. The Morgan fingerprint density at radius 3 is 2.38 bits per heavy atom. The predicted molar refractivity (Wildman–Crippen MR) is 129 cm³/mol. The van der Waals surface area contributed by atoms with Crippen molar-refractivity contribution in [3.8, 4) is 0 Å². The molecule has 0 spiro atoms. The normalized spacial score (nSPS) is 13.2. The van der Waals surface area contributed by atoms with Crippen LogP contribution >= 0.6 is 0 Å². The molecule has 4 rings (SSSR count). The van der Waals surface area contributed by atoms with Gasteiger partial charge in [-0.05, 0) is 36.2 Å². The molecule has 2 aromatic carbocycles. The van der Waals surface area contributed by atoms with Crippen LogP contribution in [0.25, 0.3) is 10.9 Å². The Kier molecular flexibility index (Phi) is 8.76. The second kappa shape index (κ2) is 11.5. The van der Waals surface area contributed by atoms with Gasteiger partial charge in [0.2, 0.25) is 0 Å². The van der Waals surface area contributed by atoms with E-state index in [1.54, 1.807) is 48.8 Å². The molecule has 2 aromatic heterocycles. The van der Waals surface area contributed by atoms with E-state index in [0.29, 0.717) is 30.6 Å². The highest BCUT2D eigenvalue weighted by Gasteiger charge is 2.31. The van der Waals surface area contributed by atoms with E-state index in [1.165, 1.54) is 22.3 Å². The molecule has 4 aromatic rings. The molecular weight excluding hydrogens is 483 g/mol. The number of hydrogen-bond donors (Lipinski definition) is 1. The first-order chi connectivity index (χ1) is 16.4. The Balaban J connectivity index is 0.00000158. The number of halogens is 3. The van der Waals surface area contributed by atoms with Gasteiger partial charge >= 0.3 is 0 Å². The van der Waals surface area contributed by atoms with Crippen LogP contribution in [0, 0.1) is 0 Å². The van der Waals surface area contributed by atoms with Gasteiger partial charge in [0.05, 0.1) is 22.5 Å². The Hall–Kier alpha value is -2.82. The second-order valence-corrected chi connectivity index (χ2v) is 9.87. The zero-order chi connectivity index (χ0) is 24.7. The molecule has 0 saturated heterocycles. The minimum absolute atomic E-state index is 0.150. The molecule has 2 unspecified atom stereocenters. The summed E-state index contributed by atoms with van der Waals surface area (Å²) in [5, 5.41) is 0.150. The van der Waals surface area contributed by atoms with Gasteiger partial charge in [-0.3, -0.25) is 13.3 Å². The van der Waals surface area contributed by atoms with E-state index in [-0.39, 0.29) is 15.8 Å². The van der Waals surface area contributed by atoms with Crippen LogP contribution in [-0.4, -0.2) is 31.1 Å². The van der Waals surface area contributed by atoms with Gasteiger partial charge in [-0.15, -0.1) is 0 Å². The number of pyridine rings is 1. The number of nitrogens with one attached hydrogen (secondary N) is 1. The van der Waals surface area contributed by atoms with E-state index >= 15 is 0 Å². The van der Waals surface area contributed by atoms with Gasteiger partial charge < -0.3 is 0 Å². The number of hydrogen-bond acceptors (Lipinski definition) is 3. The first-order valence-corrected chi connectivity index (χ1v) is 12.5. The molecule has 2 heterocycles. The quantitative estimate of drug-likeness (QED) is 0.358. The van der Waals surface area contributed by atoms with Crippen LogP contribution in [0.15, 0.2) is 89.0 Å². The van der Waals surface area contributed by atoms with E-state index in [0.717, 1.165) is 12.5 Å². The summed E-state index contributed by atoms with van der Waals surface area (Å²) in [5.41, 5.74) is 1.05. The lowest BCUT2D eigenvalue weighted by Crippen LogP contribution is -2.20. The minimum Gasteiger partial charge on any atom is -0.264 e. The molecule has 180 valence electrons. The van der Waals surface area contributed by atoms with Crippen molar-refractivity contribution < 1.29 is 21.6 Å². The summed E-state index contributed by atoms with van der Waals surface area (Å²) in [5.74, 6) is -3.16. The van der Waals surface area contributed by atoms with Crippen LogP contribution in [0.2, 0.25) is 0 Å². The van der Waals surface area contributed by atoms with Crippen molar-refractivity contribution in [3.63, 3.8) is 0 Å². The molecule has 0 aliphatic rings. The number of benzene rings is 2. The fourth-order valence-electron chi connectivity index (χ4n) is 3.43. The average molecular weight is 508 g/mol. The monoisotopic (exact) mass is 507 g/mol. The first-order valence-electron chi connectivity index (χ1n) is 10.3. The summed E-state index contributed by atoms with van der Waals surface area (Å²) in [6, 6.07) is 16.8. The molecule has 0 radical (unpaired) electrons. The molecule has 0 aliphatic carbocycles. The minimum atomic E-state index is -3.16. The lowest BCUT2D eigenvalue weighted by molar-refractivity contribution is 0.0190. The molecular formula is C24H24F3N3O2S2. The summed E-state index contributed by atoms with van der Waals surface area (Å²) in [7, 11) is -2.97. The lowest BCUT2D eigenvalue weighted by Gasteiger charge is -2.13. The van der Waals surface area contributed by atoms with E-state index in [9.17, 15) is 21.6 Å². The highest BCUT2D eigenvalue weighted by atomic mass is 32.2. The molecule has 0 amide bonds. The van der Waals surface area contributed by atoms with Crippen molar-refractivity contribution >= 4 is 32.9 Å². The maximum Gasteiger partial charge on any atom is 0.271 e. The second-order valence-electron chi connectivity index (χ2n) is 7.24. The van der Waals surface area contributed by atoms with Crippen molar-refractivity contribution in [1.29, 1.82) is 0 Å². The largest absolute Gasteiger partial charge is 0.271 e. The Morgan fingerprint density at radius 1 is 1.00 bits per heavy atom. The van der Waals surface area contributed by atoms with Gasteiger partial charge in [0.1, 0.15) is 11.0 Å². The van der Waals surface area contributed by atoms with Crippen molar-refractivity contribution in [1.82, 2.24) is 13.7 Å². The number of rotatable bonds is 8. The Morgan fingerprint density at radius 2 is 1.74 bits per heavy atom. The maximum absolute atomic E-state index is 14.4. The number of fused-ring (bicyclic) bond motifs is 1. The van der Waals surface area contributed by atoms with Crippen LogP contribution in [-0.2, 0) is 34.3 Å². The van der Waals surface area contributed by atoms with E-state index < -0.39 is 27.9 Å². The number of aromatic nitrogens is 2. The first kappa shape index (κ1) is 25.8. The third kappa shape index (κ3) is 5.81. The van der Waals surface area contributed by atoms with E-state index in [2.05, 4.69) is 9.71 Å². The maximum atomic E-state index is 14.4. The van der Waals surface area contributed by atoms with Crippen LogP contribution < -0.4 is 4.72 Å². The molecule has 0 bridgehead atoms. The standard InChI is InChI=1S/C23H21F2N3O2S2.CH3F/c1-23(24,25)19-10-5-11-20-22(19)21(16-28(20)32(30)18-8-3-2-4-9-18)31(29)27-14-12-17-7-6-13-26-15-17;1-2/h2-11,13,15-16,27H,12,14H2,1H3;1H3. The molecule has 0 fully saturated rings. The van der Waals surface area contributed by atoms with Crippen molar-refractivity contribution in [2.24, 2.45) is 0 Å². The number of nitrogens with zero attached hydrogens (tertiary/aromatic N) is 2. The summed E-state index contributed by atoms with van der Waals surface area (Å²) in [6.07, 6.45) is 5.40. The third-order valence-electron chi connectivity index (χ3n) is 4.93. The lowest BCUT2D eigenvalue weighted by atomic mass is 10.1. The van der Waals surface area contributed by atoms with E-state index in [1.807, 2.05) is 12.1 Å². The van der Waals surface area contributed by atoms with Crippen molar-refractivity contribution in [2.75, 3.05) is 13.7 Å². The van der Waals surface area contributed by atoms with Crippen molar-refractivity contribution in [2.45, 2.75) is 29.1 Å². The third-order valence-corrected chi connectivity index (χ3v) is 7.44.